The van der Waals surface area contributed by atoms with Gasteiger partial charge in [-0.3, -0.25) is 14.5 Å². The highest BCUT2D eigenvalue weighted by atomic mass is 32.1. The summed E-state index contributed by atoms with van der Waals surface area (Å²) >= 11 is 1.34. The Balaban J connectivity index is 1.57. The van der Waals surface area contributed by atoms with Crippen LogP contribution >= 0.6 is 11.3 Å². The van der Waals surface area contributed by atoms with Gasteiger partial charge >= 0.3 is 5.91 Å². The third-order valence-electron chi connectivity index (χ3n) is 7.36. The monoisotopic (exact) mass is 556 g/mol. The van der Waals surface area contributed by atoms with E-state index in [0.717, 1.165) is 32.7 Å². The number of hydrogen-bond acceptors (Lipinski definition) is 8. The number of ether oxygens (including phenoxy) is 3. The van der Waals surface area contributed by atoms with Crippen molar-refractivity contribution in [3.8, 4) is 17.2 Å². The van der Waals surface area contributed by atoms with Crippen LogP contribution in [0.1, 0.15) is 40.8 Å². The summed E-state index contributed by atoms with van der Waals surface area (Å²) in [5.41, 5.74) is 4.76. The van der Waals surface area contributed by atoms with E-state index in [-0.39, 0.29) is 17.4 Å². The quantitative estimate of drug-likeness (QED) is 0.186. The van der Waals surface area contributed by atoms with Crippen LogP contribution in [-0.2, 0) is 16.0 Å². The highest BCUT2D eigenvalue weighted by Gasteiger charge is 2.48. The zero-order valence-electron chi connectivity index (χ0n) is 22.8. The van der Waals surface area contributed by atoms with Gasteiger partial charge in [0.2, 0.25) is 0 Å². The molecule has 8 nitrogen and oxygen atoms in total. The first-order chi connectivity index (χ1) is 19.2. The molecule has 1 N–H and O–H groups in total. The lowest BCUT2D eigenvalue weighted by Crippen LogP contribution is -2.29. The summed E-state index contributed by atoms with van der Waals surface area (Å²) in [6.45, 7) is 5.95. The molecule has 4 aromatic rings. The largest absolute Gasteiger partial charge is 0.507 e. The van der Waals surface area contributed by atoms with Gasteiger partial charge in [-0.15, -0.1) is 0 Å². The van der Waals surface area contributed by atoms with Crippen molar-refractivity contribution in [1.29, 1.82) is 0 Å². The van der Waals surface area contributed by atoms with E-state index in [2.05, 4.69) is 0 Å². The summed E-state index contributed by atoms with van der Waals surface area (Å²) < 4.78 is 17.7. The first kappa shape index (κ1) is 25.9. The summed E-state index contributed by atoms with van der Waals surface area (Å²) in [6, 6.07) is 13.6. The molecule has 3 aromatic carbocycles. The number of amides is 1. The molecule has 0 saturated carbocycles. The lowest BCUT2D eigenvalue weighted by molar-refractivity contribution is -0.132. The number of anilines is 1. The molecule has 1 saturated heterocycles. The van der Waals surface area contributed by atoms with Crippen molar-refractivity contribution in [3.63, 3.8) is 0 Å². The molecule has 0 radical (unpaired) electrons. The van der Waals surface area contributed by atoms with Crippen LogP contribution in [0.3, 0.4) is 0 Å². The summed E-state index contributed by atoms with van der Waals surface area (Å²) in [5, 5.41) is 12.0. The Hall–Kier alpha value is -4.37. The Bertz CT molecular complexity index is 1740. The Morgan fingerprint density at radius 1 is 1.05 bits per heavy atom. The van der Waals surface area contributed by atoms with E-state index in [0.29, 0.717) is 34.2 Å². The Labute approximate surface area is 235 Å². The van der Waals surface area contributed by atoms with Crippen LogP contribution in [0, 0.1) is 13.8 Å². The molecular weight excluding hydrogens is 528 g/mol. The van der Waals surface area contributed by atoms with Crippen LogP contribution in [0.2, 0.25) is 0 Å². The van der Waals surface area contributed by atoms with Crippen LogP contribution < -0.4 is 19.1 Å². The highest BCUT2D eigenvalue weighted by Crippen LogP contribution is 2.46. The number of methoxy groups -OCH3 is 2. The van der Waals surface area contributed by atoms with Crippen LogP contribution in [0.5, 0.6) is 17.2 Å². The van der Waals surface area contributed by atoms with Crippen LogP contribution in [0.15, 0.2) is 54.1 Å². The first-order valence-corrected chi connectivity index (χ1v) is 13.7. The van der Waals surface area contributed by atoms with Gasteiger partial charge in [-0.25, -0.2) is 4.98 Å². The number of aromatic nitrogens is 1. The summed E-state index contributed by atoms with van der Waals surface area (Å²) in [7, 11) is 3.05. The van der Waals surface area contributed by atoms with E-state index in [9.17, 15) is 14.7 Å². The van der Waals surface area contributed by atoms with Crippen molar-refractivity contribution in [3.05, 3.63) is 81.9 Å². The van der Waals surface area contributed by atoms with Crippen molar-refractivity contribution in [2.45, 2.75) is 39.3 Å². The minimum atomic E-state index is -0.940. The van der Waals surface area contributed by atoms with Gasteiger partial charge in [-0.05, 0) is 79.4 Å². The maximum absolute atomic E-state index is 13.7. The molecule has 2 atom stereocenters. The van der Waals surface area contributed by atoms with E-state index >= 15 is 0 Å². The van der Waals surface area contributed by atoms with Crippen molar-refractivity contribution >= 4 is 44.1 Å². The molecule has 0 spiro atoms. The number of benzene rings is 3. The number of aliphatic hydroxyl groups is 1. The Morgan fingerprint density at radius 2 is 1.82 bits per heavy atom. The minimum absolute atomic E-state index is 0.0173. The van der Waals surface area contributed by atoms with E-state index in [1.807, 2.05) is 39.0 Å². The number of rotatable bonds is 5. The predicted octanol–water partition coefficient (Wildman–Crippen LogP) is 5.88. The molecule has 9 heteroatoms. The smallest absolute Gasteiger partial charge is 0.301 e. The van der Waals surface area contributed by atoms with Crippen LogP contribution in [0.4, 0.5) is 5.13 Å². The van der Waals surface area contributed by atoms with Gasteiger partial charge in [-0.2, -0.15) is 0 Å². The zero-order valence-corrected chi connectivity index (χ0v) is 23.6. The normalized spacial score (nSPS) is 19.7. The topological polar surface area (TPSA) is 98.2 Å². The number of fused-ring (bicyclic) bond motifs is 2. The zero-order chi connectivity index (χ0) is 28.3. The van der Waals surface area contributed by atoms with Gasteiger partial charge < -0.3 is 19.3 Å². The number of nitrogens with zero attached hydrogens (tertiary/aromatic N) is 2. The fraction of sp³-hybridized carbons (Fsp3) is 0.258. The number of aryl methyl sites for hydroxylation is 2. The number of ketones is 1. The van der Waals surface area contributed by atoms with Crippen LogP contribution in [0.25, 0.3) is 16.0 Å². The van der Waals surface area contributed by atoms with Gasteiger partial charge in [0.05, 0.1) is 36.1 Å². The van der Waals surface area contributed by atoms with Crippen molar-refractivity contribution in [1.82, 2.24) is 4.98 Å². The van der Waals surface area contributed by atoms with E-state index < -0.39 is 17.7 Å². The van der Waals surface area contributed by atoms with Crippen molar-refractivity contribution < 1.29 is 28.9 Å². The summed E-state index contributed by atoms with van der Waals surface area (Å²) in [4.78, 5) is 33.5. The average Bonchev–Trinajstić information content (AvgIpc) is 3.60. The number of aliphatic hydroxyl groups excluding tert-OH is 1. The molecule has 1 fully saturated rings. The maximum Gasteiger partial charge on any atom is 0.301 e. The van der Waals surface area contributed by atoms with Gasteiger partial charge in [0.1, 0.15) is 17.6 Å². The first-order valence-electron chi connectivity index (χ1n) is 12.9. The molecule has 2 aliphatic heterocycles. The van der Waals surface area contributed by atoms with E-state index in [1.54, 1.807) is 30.3 Å². The molecule has 0 unspecified atom stereocenters. The molecule has 3 heterocycles. The summed E-state index contributed by atoms with van der Waals surface area (Å²) in [5.74, 6) is -0.105. The van der Waals surface area contributed by atoms with Gasteiger partial charge in [-0.1, -0.05) is 23.5 Å². The third-order valence-corrected chi connectivity index (χ3v) is 8.36. The predicted molar refractivity (Wildman–Crippen MR) is 154 cm³/mol. The van der Waals surface area contributed by atoms with Crippen molar-refractivity contribution in [2.24, 2.45) is 0 Å². The molecule has 6 rings (SSSR count). The summed E-state index contributed by atoms with van der Waals surface area (Å²) in [6.07, 6.45) is 0.713. The molecular formula is C31H28N2O6S. The van der Waals surface area contributed by atoms with Crippen molar-refractivity contribution in [2.75, 3.05) is 19.1 Å². The highest BCUT2D eigenvalue weighted by molar-refractivity contribution is 7.22. The Morgan fingerprint density at radius 3 is 2.58 bits per heavy atom. The minimum Gasteiger partial charge on any atom is -0.507 e. The number of carbonyl (C=O) groups excluding carboxylic acids is 2. The molecule has 40 heavy (non-hydrogen) atoms. The fourth-order valence-electron chi connectivity index (χ4n) is 5.55. The lowest BCUT2D eigenvalue weighted by Gasteiger charge is -2.23. The average molecular weight is 557 g/mol. The second-order valence-corrected chi connectivity index (χ2v) is 11.2. The third kappa shape index (κ3) is 4.08. The molecule has 1 aromatic heterocycles. The van der Waals surface area contributed by atoms with E-state index in [4.69, 9.17) is 19.2 Å². The second kappa shape index (κ2) is 9.67. The van der Waals surface area contributed by atoms with Gasteiger partial charge in [0.25, 0.3) is 5.78 Å². The second-order valence-electron chi connectivity index (χ2n) is 10.2. The lowest BCUT2D eigenvalue weighted by atomic mass is 9.94. The SMILES string of the molecule is COc1ccc([C@@H]2/C(=C(\O)c3ccc4c(c3)C[C@H](C)O4)C(=O)C(=O)N2c2nc3c(C)cc(C)cc3s2)cc1OC. The number of Topliss-reactive ketones (excluding diaryl/α,β-unsaturated/α-hetero) is 1. The maximum atomic E-state index is 13.7. The van der Waals surface area contributed by atoms with Gasteiger partial charge in [0.15, 0.2) is 16.6 Å². The number of carbonyl (C=O) groups is 2. The molecule has 2 aliphatic rings. The van der Waals surface area contributed by atoms with Crippen LogP contribution in [-0.4, -0.2) is 42.1 Å². The molecule has 1 amide bonds. The number of thiazole rings is 1. The van der Waals surface area contributed by atoms with Gasteiger partial charge in [0, 0.05) is 12.0 Å². The Kier molecular flexibility index (Phi) is 6.26. The molecule has 204 valence electrons. The number of hydrogen-bond donors (Lipinski definition) is 1. The molecule has 0 bridgehead atoms. The fourth-order valence-corrected chi connectivity index (χ4v) is 6.72. The van der Waals surface area contributed by atoms with E-state index in [1.165, 1.54) is 30.5 Å². The standard InChI is InChI=1S/C31H28N2O6S/c1-15-10-16(2)26-24(11-15)40-31(32-26)33-27(18-6-9-22(37-4)23(14-18)38-5)25(29(35)30(33)36)28(34)19-7-8-21-20(13-19)12-17(3)39-21/h6-11,13-14,17,27,34H,12H2,1-5H3/b28-25+/t17-,27+/m0/s1. The molecule has 0 aliphatic carbocycles.